The minimum absolute atomic E-state index is 0.324. The summed E-state index contributed by atoms with van der Waals surface area (Å²) in [4.78, 5) is 25.4. The van der Waals surface area contributed by atoms with Gasteiger partial charge in [-0.25, -0.2) is 4.79 Å². The maximum atomic E-state index is 13.0. The minimum atomic E-state index is -0.928. The molecule has 2 amide bonds. The molecular formula is C23H29IN2O4. The van der Waals surface area contributed by atoms with Gasteiger partial charge in [-0.05, 0) is 86.5 Å². The highest BCUT2D eigenvalue weighted by molar-refractivity contribution is 14.1. The average Bonchev–Trinajstić information content (AvgIpc) is 2.65. The number of nitrogens with one attached hydrogen (secondary N) is 2. The number of aryl methyl sites for hydroxylation is 1. The van der Waals surface area contributed by atoms with Gasteiger partial charge in [0, 0.05) is 9.26 Å². The number of alkyl carbamates (subject to hydrolysis) is 1. The van der Waals surface area contributed by atoms with Crippen LogP contribution in [-0.2, 0) is 20.9 Å². The summed E-state index contributed by atoms with van der Waals surface area (Å²) in [5.41, 5.74) is 1.93. The number of carbonyl (C=O) groups excluding carboxylic acids is 2. The van der Waals surface area contributed by atoms with E-state index in [0.29, 0.717) is 12.3 Å². The highest BCUT2D eigenvalue weighted by Gasteiger charge is 2.30. The number of benzene rings is 2. The van der Waals surface area contributed by atoms with Crippen molar-refractivity contribution in [3.8, 4) is 0 Å². The lowest BCUT2D eigenvalue weighted by Crippen LogP contribution is -2.52. The van der Waals surface area contributed by atoms with Crippen molar-refractivity contribution in [3.05, 3.63) is 63.2 Å². The predicted molar refractivity (Wildman–Crippen MR) is 126 cm³/mol. The van der Waals surface area contributed by atoms with Gasteiger partial charge in [0.05, 0.1) is 12.7 Å². The van der Waals surface area contributed by atoms with Gasteiger partial charge < -0.3 is 20.1 Å². The topological polar surface area (TPSA) is 76.7 Å². The Balaban J connectivity index is 2.13. The van der Waals surface area contributed by atoms with E-state index in [1.54, 1.807) is 27.7 Å². The summed E-state index contributed by atoms with van der Waals surface area (Å²) in [6.45, 7) is 9.31. The fourth-order valence-electron chi connectivity index (χ4n) is 2.71. The van der Waals surface area contributed by atoms with Crippen molar-refractivity contribution in [3.63, 3.8) is 0 Å². The van der Waals surface area contributed by atoms with Gasteiger partial charge in [0.2, 0.25) is 5.91 Å². The van der Waals surface area contributed by atoms with Gasteiger partial charge >= 0.3 is 6.09 Å². The Labute approximate surface area is 191 Å². The molecule has 162 valence electrons. The van der Waals surface area contributed by atoms with Crippen LogP contribution in [0.5, 0.6) is 0 Å². The summed E-state index contributed by atoms with van der Waals surface area (Å²) in [5, 5.41) is 5.55. The molecule has 2 aromatic rings. The van der Waals surface area contributed by atoms with Crippen LogP contribution in [-0.4, -0.2) is 29.7 Å². The number of halogens is 1. The number of carbonyl (C=O) groups is 2. The summed E-state index contributed by atoms with van der Waals surface area (Å²) in [5.74, 6) is -0.370. The second-order valence-corrected chi connectivity index (χ2v) is 9.32. The fourth-order valence-corrected chi connectivity index (χ4v) is 3.35. The summed E-state index contributed by atoms with van der Waals surface area (Å²) < 4.78 is 12.3. The van der Waals surface area contributed by atoms with E-state index in [9.17, 15) is 9.59 Å². The van der Waals surface area contributed by atoms with E-state index in [1.165, 1.54) is 0 Å². The number of amides is 2. The fraction of sp³-hybridized carbons (Fsp3) is 0.391. The zero-order chi connectivity index (χ0) is 22.3. The number of ether oxygens (including phenoxy) is 2. The van der Waals surface area contributed by atoms with Crippen LogP contribution in [0, 0.1) is 10.5 Å². The molecule has 0 aliphatic carbocycles. The first-order valence-corrected chi connectivity index (χ1v) is 10.8. The van der Waals surface area contributed by atoms with Crippen LogP contribution in [0.3, 0.4) is 0 Å². The molecule has 2 aromatic carbocycles. The standard InChI is InChI=1S/C23H29IN2O4/c1-15-13-18(24)11-12-19(15)25-21(27)20(26-22(28)30-23(3,4)5)16(2)29-14-17-9-7-6-8-10-17/h6-13,16,20H,14H2,1-5H3,(H,25,27)(H,26,28)/t16-,20+/m1/s1. The molecule has 0 aromatic heterocycles. The number of rotatable bonds is 7. The van der Waals surface area contributed by atoms with Gasteiger partial charge in [-0.1, -0.05) is 30.3 Å². The Morgan fingerprint density at radius 2 is 1.77 bits per heavy atom. The van der Waals surface area contributed by atoms with Crippen LogP contribution in [0.4, 0.5) is 10.5 Å². The number of anilines is 1. The van der Waals surface area contributed by atoms with Crippen molar-refractivity contribution < 1.29 is 19.1 Å². The first kappa shape index (κ1) is 24.1. The Kier molecular flexibility index (Phi) is 8.66. The highest BCUT2D eigenvalue weighted by Crippen LogP contribution is 2.19. The maximum absolute atomic E-state index is 13.0. The molecule has 0 fully saturated rings. The summed E-state index contributed by atoms with van der Waals surface area (Å²) >= 11 is 2.22. The van der Waals surface area contributed by atoms with Crippen molar-refractivity contribution in [2.75, 3.05) is 5.32 Å². The molecule has 0 saturated carbocycles. The normalized spacial score (nSPS) is 13.3. The Hall–Kier alpha value is -2.13. The van der Waals surface area contributed by atoms with Crippen molar-refractivity contribution in [2.45, 2.75) is 59.0 Å². The van der Waals surface area contributed by atoms with Crippen molar-refractivity contribution in [1.29, 1.82) is 0 Å². The van der Waals surface area contributed by atoms with Gasteiger partial charge in [-0.15, -0.1) is 0 Å². The van der Waals surface area contributed by atoms with E-state index in [2.05, 4.69) is 33.2 Å². The first-order valence-electron chi connectivity index (χ1n) is 9.77. The van der Waals surface area contributed by atoms with E-state index in [1.807, 2.05) is 55.5 Å². The molecule has 0 heterocycles. The Morgan fingerprint density at radius 3 is 2.37 bits per heavy atom. The molecule has 0 aliphatic heterocycles. The van der Waals surface area contributed by atoms with E-state index in [-0.39, 0.29) is 5.91 Å². The van der Waals surface area contributed by atoms with Crippen LogP contribution < -0.4 is 10.6 Å². The molecule has 2 atom stereocenters. The van der Waals surface area contributed by atoms with Crippen molar-refractivity contribution >= 4 is 40.3 Å². The maximum Gasteiger partial charge on any atom is 0.408 e. The molecule has 0 unspecified atom stereocenters. The molecule has 30 heavy (non-hydrogen) atoms. The SMILES string of the molecule is Cc1cc(I)ccc1NC(=O)[C@@H](NC(=O)OC(C)(C)C)[C@@H](C)OCc1ccccc1. The summed E-state index contributed by atoms with van der Waals surface area (Å²) in [6.07, 6.45) is -1.25. The summed E-state index contributed by atoms with van der Waals surface area (Å²) in [7, 11) is 0. The van der Waals surface area contributed by atoms with Crippen molar-refractivity contribution in [1.82, 2.24) is 5.32 Å². The largest absolute Gasteiger partial charge is 0.444 e. The van der Waals surface area contributed by atoms with Gasteiger partial charge in [-0.3, -0.25) is 4.79 Å². The van der Waals surface area contributed by atoms with Gasteiger partial charge in [0.1, 0.15) is 11.6 Å². The smallest absolute Gasteiger partial charge is 0.408 e. The second kappa shape index (κ2) is 10.8. The lowest BCUT2D eigenvalue weighted by atomic mass is 10.1. The van der Waals surface area contributed by atoms with Crippen LogP contribution in [0.25, 0.3) is 0 Å². The zero-order valence-corrected chi connectivity index (χ0v) is 20.1. The van der Waals surface area contributed by atoms with E-state index in [4.69, 9.17) is 9.47 Å². The average molecular weight is 524 g/mol. The molecule has 7 heteroatoms. The highest BCUT2D eigenvalue weighted by atomic mass is 127. The predicted octanol–water partition coefficient (Wildman–Crippen LogP) is 5.04. The first-order chi connectivity index (χ1) is 14.0. The monoisotopic (exact) mass is 524 g/mol. The van der Waals surface area contributed by atoms with Crippen molar-refractivity contribution in [2.24, 2.45) is 0 Å². The quantitative estimate of drug-likeness (QED) is 0.498. The zero-order valence-electron chi connectivity index (χ0n) is 18.0. The van der Waals surface area contributed by atoms with E-state index >= 15 is 0 Å². The van der Waals surface area contributed by atoms with Crippen LogP contribution in [0.2, 0.25) is 0 Å². The Morgan fingerprint density at radius 1 is 1.10 bits per heavy atom. The van der Waals surface area contributed by atoms with Gasteiger partial charge in [-0.2, -0.15) is 0 Å². The second-order valence-electron chi connectivity index (χ2n) is 8.07. The third kappa shape index (κ3) is 7.95. The minimum Gasteiger partial charge on any atom is -0.444 e. The third-order valence-electron chi connectivity index (χ3n) is 4.23. The van der Waals surface area contributed by atoms with Gasteiger partial charge in [0.25, 0.3) is 0 Å². The molecule has 2 rings (SSSR count). The van der Waals surface area contributed by atoms with Crippen LogP contribution >= 0.6 is 22.6 Å². The molecule has 0 saturated heterocycles. The number of hydrogen-bond donors (Lipinski definition) is 2. The molecule has 0 radical (unpaired) electrons. The third-order valence-corrected chi connectivity index (χ3v) is 4.90. The molecular weight excluding hydrogens is 495 g/mol. The lowest BCUT2D eigenvalue weighted by molar-refractivity contribution is -0.122. The van der Waals surface area contributed by atoms with E-state index in [0.717, 1.165) is 14.7 Å². The Bertz CT molecular complexity index is 865. The molecule has 6 nitrogen and oxygen atoms in total. The van der Waals surface area contributed by atoms with E-state index < -0.39 is 23.8 Å². The van der Waals surface area contributed by atoms with Crippen LogP contribution in [0.15, 0.2) is 48.5 Å². The van der Waals surface area contributed by atoms with Crippen LogP contribution in [0.1, 0.15) is 38.8 Å². The summed E-state index contributed by atoms with van der Waals surface area (Å²) in [6, 6.07) is 14.5. The molecule has 0 bridgehead atoms. The number of hydrogen-bond acceptors (Lipinski definition) is 4. The molecule has 0 spiro atoms. The molecule has 0 aliphatic rings. The van der Waals surface area contributed by atoms with Gasteiger partial charge in [0.15, 0.2) is 0 Å². The lowest BCUT2D eigenvalue weighted by Gasteiger charge is -2.27. The molecule has 2 N–H and O–H groups in total.